The molecule has 0 unspecified atom stereocenters. The van der Waals surface area contributed by atoms with Gasteiger partial charge in [-0.05, 0) is 69.3 Å². The van der Waals surface area contributed by atoms with E-state index in [0.717, 1.165) is 63.9 Å². The summed E-state index contributed by atoms with van der Waals surface area (Å²) >= 11 is 0. The Hall–Kier alpha value is -2.21. The highest BCUT2D eigenvalue weighted by atomic mass is 16.3. The fraction of sp³-hybridized carbons (Fsp3) is 0.550. The molecule has 2 fully saturated rings. The van der Waals surface area contributed by atoms with E-state index >= 15 is 0 Å². The fourth-order valence-electron chi connectivity index (χ4n) is 4.41. The van der Waals surface area contributed by atoms with Crippen LogP contribution in [0.1, 0.15) is 49.1 Å². The average molecular weight is 352 g/mol. The van der Waals surface area contributed by atoms with Gasteiger partial charge in [0.15, 0.2) is 0 Å². The lowest BCUT2D eigenvalue weighted by Gasteiger charge is -2.39. The summed E-state index contributed by atoms with van der Waals surface area (Å²) in [7, 11) is 0. The van der Waals surface area contributed by atoms with E-state index in [1.807, 2.05) is 18.3 Å². The van der Waals surface area contributed by atoms with Crippen LogP contribution in [0.5, 0.6) is 0 Å². The van der Waals surface area contributed by atoms with Crippen molar-refractivity contribution in [2.24, 2.45) is 5.92 Å². The molecule has 3 heterocycles. The summed E-state index contributed by atoms with van der Waals surface area (Å²) in [5.74, 6) is 1.76. The van der Waals surface area contributed by atoms with Crippen molar-refractivity contribution in [3.8, 4) is 0 Å². The van der Waals surface area contributed by atoms with Crippen LogP contribution in [0.2, 0.25) is 0 Å². The molecule has 1 amide bonds. The molecule has 0 bridgehead atoms. The monoisotopic (exact) mass is 352 g/mol. The minimum Gasteiger partial charge on any atom is -0.468 e. The molecule has 0 atom stereocenters. The number of anilines is 1. The van der Waals surface area contributed by atoms with E-state index < -0.39 is 0 Å². The molecule has 1 N–H and O–H groups in total. The van der Waals surface area contributed by atoms with Crippen molar-refractivity contribution in [2.75, 3.05) is 18.4 Å². The highest BCUT2D eigenvalue weighted by molar-refractivity contribution is 5.92. The van der Waals surface area contributed by atoms with Gasteiger partial charge in [0, 0.05) is 17.5 Å². The summed E-state index contributed by atoms with van der Waals surface area (Å²) in [6.07, 6.45) is 10.0. The van der Waals surface area contributed by atoms with Gasteiger partial charge in [-0.25, -0.2) is 9.97 Å². The molecule has 5 rings (SSSR count). The number of carbonyl (C=O) groups is 1. The van der Waals surface area contributed by atoms with Gasteiger partial charge in [-0.3, -0.25) is 15.0 Å². The van der Waals surface area contributed by atoms with E-state index in [4.69, 9.17) is 9.40 Å². The van der Waals surface area contributed by atoms with Crippen LogP contribution in [0.3, 0.4) is 0 Å². The Balaban J connectivity index is 1.30. The van der Waals surface area contributed by atoms with E-state index in [-0.39, 0.29) is 17.2 Å². The lowest BCUT2D eigenvalue weighted by atomic mass is 9.76. The lowest BCUT2D eigenvalue weighted by molar-refractivity contribution is -0.117. The molecule has 0 aromatic carbocycles. The minimum absolute atomic E-state index is 0.0743. The van der Waals surface area contributed by atoms with Crippen molar-refractivity contribution in [2.45, 2.75) is 50.5 Å². The van der Waals surface area contributed by atoms with Gasteiger partial charge in [0.2, 0.25) is 11.9 Å². The highest BCUT2D eigenvalue weighted by Gasteiger charge is 2.43. The number of likely N-dealkylation sites (tertiary alicyclic amines) is 1. The Labute approximate surface area is 153 Å². The molecule has 2 aliphatic carbocycles. The number of furan rings is 1. The molecule has 6 nitrogen and oxygen atoms in total. The van der Waals surface area contributed by atoms with Crippen LogP contribution in [0.25, 0.3) is 0 Å². The standard InChI is InChI=1S/C20H24N4O2/c25-18(14-3-4-14)23-19-21-12-15-5-6-20(17(15)22-19)7-9-24(10-8-20)13-16-2-1-11-26-16/h1-2,11-12,14H,3-10,13H2,(H,21,22,23,25). The van der Waals surface area contributed by atoms with Gasteiger partial charge >= 0.3 is 0 Å². The smallest absolute Gasteiger partial charge is 0.229 e. The van der Waals surface area contributed by atoms with Gasteiger partial charge in [0.05, 0.1) is 18.5 Å². The van der Waals surface area contributed by atoms with Crippen molar-refractivity contribution in [3.05, 3.63) is 41.6 Å². The Morgan fingerprint density at radius 1 is 1.31 bits per heavy atom. The van der Waals surface area contributed by atoms with Crippen molar-refractivity contribution < 1.29 is 9.21 Å². The number of rotatable bonds is 4. The molecule has 1 aliphatic heterocycles. The van der Waals surface area contributed by atoms with E-state index in [0.29, 0.717) is 5.95 Å². The number of hydrogen-bond acceptors (Lipinski definition) is 5. The van der Waals surface area contributed by atoms with Crippen LogP contribution in [-0.2, 0) is 23.2 Å². The molecular weight excluding hydrogens is 328 g/mol. The first kappa shape index (κ1) is 16.0. The number of carbonyl (C=O) groups excluding carboxylic acids is 1. The number of amides is 1. The fourth-order valence-corrected chi connectivity index (χ4v) is 4.41. The molecule has 26 heavy (non-hydrogen) atoms. The minimum atomic E-state index is 0.0743. The Morgan fingerprint density at radius 2 is 2.15 bits per heavy atom. The van der Waals surface area contributed by atoms with E-state index in [9.17, 15) is 4.79 Å². The second-order valence-electron chi connectivity index (χ2n) is 7.97. The molecule has 1 spiro atoms. The first-order valence-electron chi connectivity index (χ1n) is 9.64. The maximum absolute atomic E-state index is 12.0. The number of aromatic nitrogens is 2. The number of aryl methyl sites for hydroxylation is 1. The first-order valence-corrected chi connectivity index (χ1v) is 9.64. The molecule has 1 saturated carbocycles. The van der Waals surface area contributed by atoms with Gasteiger partial charge in [-0.15, -0.1) is 0 Å². The van der Waals surface area contributed by atoms with Gasteiger partial charge in [0.25, 0.3) is 0 Å². The van der Waals surface area contributed by atoms with Crippen LogP contribution in [0.15, 0.2) is 29.0 Å². The lowest BCUT2D eigenvalue weighted by Crippen LogP contribution is -2.41. The molecule has 2 aromatic rings. The van der Waals surface area contributed by atoms with Crippen LogP contribution in [-0.4, -0.2) is 33.9 Å². The van der Waals surface area contributed by atoms with Crippen molar-refractivity contribution in [1.29, 1.82) is 0 Å². The SMILES string of the molecule is O=C(Nc1ncc2c(n1)C1(CC2)CCN(Cc2ccco2)CC1)C1CC1. The zero-order chi connectivity index (χ0) is 17.6. The average Bonchev–Trinajstić information content (AvgIpc) is 3.30. The van der Waals surface area contributed by atoms with Crippen LogP contribution in [0, 0.1) is 5.92 Å². The van der Waals surface area contributed by atoms with Crippen LogP contribution in [0.4, 0.5) is 5.95 Å². The summed E-state index contributed by atoms with van der Waals surface area (Å²) in [5.41, 5.74) is 2.59. The topological polar surface area (TPSA) is 71.3 Å². The number of fused-ring (bicyclic) bond motifs is 2. The van der Waals surface area contributed by atoms with Gasteiger partial charge in [-0.2, -0.15) is 0 Å². The number of piperidine rings is 1. The van der Waals surface area contributed by atoms with Crippen molar-refractivity contribution >= 4 is 11.9 Å². The zero-order valence-corrected chi connectivity index (χ0v) is 14.9. The molecule has 6 heteroatoms. The maximum Gasteiger partial charge on any atom is 0.229 e. The Morgan fingerprint density at radius 3 is 2.88 bits per heavy atom. The molecule has 0 radical (unpaired) electrons. The largest absolute Gasteiger partial charge is 0.468 e. The van der Waals surface area contributed by atoms with Gasteiger partial charge < -0.3 is 4.42 Å². The summed E-state index contributed by atoms with van der Waals surface area (Å²) in [4.78, 5) is 23.7. The second-order valence-corrected chi connectivity index (χ2v) is 7.97. The highest BCUT2D eigenvalue weighted by Crippen LogP contribution is 2.45. The quantitative estimate of drug-likeness (QED) is 0.916. The van der Waals surface area contributed by atoms with Crippen LogP contribution < -0.4 is 5.32 Å². The second kappa shape index (κ2) is 6.20. The van der Waals surface area contributed by atoms with Gasteiger partial charge in [0.1, 0.15) is 5.76 Å². The predicted octanol–water partition coefficient (Wildman–Crippen LogP) is 2.90. The molecule has 3 aliphatic rings. The Kier molecular flexibility index (Phi) is 3.81. The Bertz CT molecular complexity index is 805. The third-order valence-electron chi connectivity index (χ3n) is 6.20. The molecule has 136 valence electrons. The van der Waals surface area contributed by atoms with Crippen LogP contribution >= 0.6 is 0 Å². The van der Waals surface area contributed by atoms with E-state index in [1.54, 1.807) is 6.26 Å². The van der Waals surface area contributed by atoms with Crippen molar-refractivity contribution in [1.82, 2.24) is 14.9 Å². The van der Waals surface area contributed by atoms with Gasteiger partial charge in [-0.1, -0.05) is 0 Å². The summed E-state index contributed by atoms with van der Waals surface area (Å²) in [6.45, 7) is 2.98. The molecule has 1 saturated heterocycles. The summed E-state index contributed by atoms with van der Waals surface area (Å²) < 4.78 is 5.48. The van der Waals surface area contributed by atoms with Crippen molar-refractivity contribution in [3.63, 3.8) is 0 Å². The van der Waals surface area contributed by atoms with E-state index in [2.05, 4.69) is 15.2 Å². The first-order chi connectivity index (χ1) is 12.7. The predicted molar refractivity (Wildman–Crippen MR) is 96.6 cm³/mol. The number of nitrogens with zero attached hydrogens (tertiary/aromatic N) is 3. The maximum atomic E-state index is 12.0. The summed E-state index contributed by atoms with van der Waals surface area (Å²) in [5, 5.41) is 2.91. The summed E-state index contributed by atoms with van der Waals surface area (Å²) in [6, 6.07) is 3.99. The third kappa shape index (κ3) is 2.92. The molecule has 2 aromatic heterocycles. The van der Waals surface area contributed by atoms with E-state index in [1.165, 1.54) is 11.3 Å². The number of hydrogen-bond donors (Lipinski definition) is 1. The molecular formula is C20H24N4O2. The normalized spacial score (nSPS) is 21.7. The zero-order valence-electron chi connectivity index (χ0n) is 14.9. The third-order valence-corrected chi connectivity index (χ3v) is 6.20. The number of nitrogens with one attached hydrogen (secondary N) is 1.